The molecule has 0 fully saturated rings. The SMILES string of the molecule is CCc1cccc(OC(=Nc2ccc(OC)cc2)C(C)Oc2cccc(C)c2)c1. The molecule has 0 amide bonds. The highest BCUT2D eigenvalue weighted by molar-refractivity contribution is 5.85. The molecule has 0 heterocycles. The van der Waals surface area contributed by atoms with Crippen LogP contribution in [0.1, 0.15) is 25.0 Å². The topological polar surface area (TPSA) is 40.0 Å². The first-order valence-electron chi connectivity index (χ1n) is 9.80. The Hall–Kier alpha value is -3.27. The van der Waals surface area contributed by atoms with Crippen LogP contribution in [0.25, 0.3) is 0 Å². The number of hydrogen-bond acceptors (Lipinski definition) is 4. The molecule has 0 aliphatic rings. The highest BCUT2D eigenvalue weighted by Crippen LogP contribution is 2.22. The summed E-state index contributed by atoms with van der Waals surface area (Å²) in [6, 6.07) is 23.5. The minimum absolute atomic E-state index is 0.371. The third-order valence-corrected chi connectivity index (χ3v) is 4.49. The fourth-order valence-corrected chi connectivity index (χ4v) is 2.87. The van der Waals surface area contributed by atoms with Crippen LogP contribution in [0.4, 0.5) is 5.69 Å². The van der Waals surface area contributed by atoms with Gasteiger partial charge in [-0.2, -0.15) is 0 Å². The summed E-state index contributed by atoms with van der Waals surface area (Å²) in [6.07, 6.45) is 0.571. The number of ether oxygens (including phenoxy) is 3. The predicted molar refractivity (Wildman–Crippen MR) is 118 cm³/mol. The highest BCUT2D eigenvalue weighted by atomic mass is 16.5. The van der Waals surface area contributed by atoms with Gasteiger partial charge in [0.05, 0.1) is 12.8 Å². The number of aryl methyl sites for hydroxylation is 2. The average Bonchev–Trinajstić information content (AvgIpc) is 2.74. The molecule has 0 aliphatic carbocycles. The summed E-state index contributed by atoms with van der Waals surface area (Å²) < 4.78 is 17.5. The number of methoxy groups -OCH3 is 1. The number of rotatable bonds is 7. The van der Waals surface area contributed by atoms with E-state index < -0.39 is 0 Å². The Morgan fingerprint density at radius 3 is 2.31 bits per heavy atom. The quantitative estimate of drug-likeness (QED) is 0.360. The summed E-state index contributed by atoms with van der Waals surface area (Å²) in [7, 11) is 1.64. The first kappa shape index (κ1) is 20.5. The maximum atomic E-state index is 6.18. The summed E-state index contributed by atoms with van der Waals surface area (Å²) >= 11 is 0. The van der Waals surface area contributed by atoms with Crippen molar-refractivity contribution in [3.63, 3.8) is 0 Å². The molecule has 150 valence electrons. The number of nitrogens with zero attached hydrogens (tertiary/aromatic N) is 1. The van der Waals surface area contributed by atoms with Gasteiger partial charge < -0.3 is 14.2 Å². The molecule has 0 saturated heterocycles. The van der Waals surface area contributed by atoms with Crippen LogP contribution >= 0.6 is 0 Å². The molecule has 0 N–H and O–H groups in total. The lowest BCUT2D eigenvalue weighted by molar-refractivity contribution is 0.262. The standard InChI is InChI=1S/C25H27NO3/c1-5-20-9-7-11-24(17-20)29-25(26-21-12-14-22(27-4)15-13-21)19(3)28-23-10-6-8-18(2)16-23/h6-17,19H,5H2,1-4H3. The van der Waals surface area contributed by atoms with Crippen LogP contribution in [0.5, 0.6) is 17.2 Å². The van der Waals surface area contributed by atoms with Gasteiger partial charge in [-0.05, 0) is 79.9 Å². The lowest BCUT2D eigenvalue weighted by Crippen LogP contribution is -2.28. The molecule has 0 bridgehead atoms. The van der Waals surface area contributed by atoms with Gasteiger partial charge in [0, 0.05) is 0 Å². The molecule has 0 radical (unpaired) electrons. The van der Waals surface area contributed by atoms with Crippen LogP contribution < -0.4 is 14.2 Å². The van der Waals surface area contributed by atoms with Gasteiger partial charge >= 0.3 is 0 Å². The second-order valence-electron chi connectivity index (χ2n) is 6.83. The molecule has 0 saturated carbocycles. The van der Waals surface area contributed by atoms with E-state index in [0.29, 0.717) is 5.90 Å². The van der Waals surface area contributed by atoms with Gasteiger partial charge in [0.1, 0.15) is 17.2 Å². The number of aliphatic imine (C=N–C) groups is 1. The zero-order chi connectivity index (χ0) is 20.6. The molecule has 0 aliphatic heterocycles. The fourth-order valence-electron chi connectivity index (χ4n) is 2.87. The first-order valence-corrected chi connectivity index (χ1v) is 9.80. The highest BCUT2D eigenvalue weighted by Gasteiger charge is 2.16. The van der Waals surface area contributed by atoms with Crippen LogP contribution in [-0.4, -0.2) is 19.1 Å². The van der Waals surface area contributed by atoms with Crippen molar-refractivity contribution in [1.82, 2.24) is 0 Å². The van der Waals surface area contributed by atoms with Gasteiger partial charge in [0.2, 0.25) is 5.90 Å². The van der Waals surface area contributed by atoms with Crippen molar-refractivity contribution >= 4 is 11.6 Å². The van der Waals surface area contributed by atoms with Crippen LogP contribution in [0.15, 0.2) is 77.8 Å². The molecular weight excluding hydrogens is 362 g/mol. The predicted octanol–water partition coefficient (Wildman–Crippen LogP) is 6.14. The lowest BCUT2D eigenvalue weighted by Gasteiger charge is -2.18. The van der Waals surface area contributed by atoms with E-state index in [9.17, 15) is 0 Å². The number of hydrogen-bond donors (Lipinski definition) is 0. The molecule has 3 aromatic rings. The van der Waals surface area contributed by atoms with Gasteiger partial charge in [0.25, 0.3) is 0 Å². The molecule has 3 rings (SSSR count). The maximum absolute atomic E-state index is 6.18. The molecule has 1 atom stereocenters. The lowest BCUT2D eigenvalue weighted by atomic mass is 10.2. The van der Waals surface area contributed by atoms with E-state index in [0.717, 1.165) is 34.9 Å². The molecule has 4 nitrogen and oxygen atoms in total. The van der Waals surface area contributed by atoms with Crippen LogP contribution in [0.3, 0.4) is 0 Å². The summed E-state index contributed by atoms with van der Waals surface area (Å²) in [5.41, 5.74) is 3.12. The molecule has 0 spiro atoms. The van der Waals surface area contributed by atoms with Crippen LogP contribution in [0.2, 0.25) is 0 Å². The average molecular weight is 389 g/mol. The van der Waals surface area contributed by atoms with Gasteiger partial charge in [-0.1, -0.05) is 31.2 Å². The Morgan fingerprint density at radius 2 is 1.62 bits per heavy atom. The minimum Gasteiger partial charge on any atom is -0.497 e. The zero-order valence-corrected chi connectivity index (χ0v) is 17.4. The van der Waals surface area contributed by atoms with Crippen LogP contribution in [-0.2, 0) is 6.42 Å². The van der Waals surface area contributed by atoms with E-state index in [1.54, 1.807) is 7.11 Å². The normalized spacial score (nSPS) is 12.3. The van der Waals surface area contributed by atoms with Crippen molar-refractivity contribution in [3.05, 3.63) is 83.9 Å². The Labute approximate surface area is 172 Å². The van der Waals surface area contributed by atoms with E-state index >= 15 is 0 Å². The van der Waals surface area contributed by atoms with Crippen LogP contribution in [0, 0.1) is 6.92 Å². The first-order chi connectivity index (χ1) is 14.1. The smallest absolute Gasteiger partial charge is 0.236 e. The van der Waals surface area contributed by atoms with Crippen molar-refractivity contribution < 1.29 is 14.2 Å². The Bertz CT molecular complexity index is 964. The van der Waals surface area contributed by atoms with Crippen molar-refractivity contribution in [3.8, 4) is 17.2 Å². The third-order valence-electron chi connectivity index (χ3n) is 4.49. The monoisotopic (exact) mass is 389 g/mol. The van der Waals surface area contributed by atoms with Gasteiger partial charge in [-0.25, -0.2) is 4.99 Å². The second-order valence-corrected chi connectivity index (χ2v) is 6.83. The van der Waals surface area contributed by atoms with E-state index in [2.05, 4.69) is 13.0 Å². The summed E-state index contributed by atoms with van der Waals surface area (Å²) in [6.45, 7) is 6.10. The molecule has 3 aromatic carbocycles. The zero-order valence-electron chi connectivity index (χ0n) is 17.4. The van der Waals surface area contributed by atoms with Crippen molar-refractivity contribution in [1.29, 1.82) is 0 Å². The molecule has 1 unspecified atom stereocenters. The van der Waals surface area contributed by atoms with Gasteiger partial charge in [0.15, 0.2) is 6.10 Å². The van der Waals surface area contributed by atoms with Crippen molar-refractivity contribution in [2.24, 2.45) is 4.99 Å². The van der Waals surface area contributed by atoms with Gasteiger partial charge in [-0.15, -0.1) is 0 Å². The molecule has 4 heteroatoms. The van der Waals surface area contributed by atoms with Gasteiger partial charge in [-0.3, -0.25) is 0 Å². The minimum atomic E-state index is -0.371. The Balaban J connectivity index is 1.89. The van der Waals surface area contributed by atoms with E-state index in [4.69, 9.17) is 19.2 Å². The summed E-state index contributed by atoms with van der Waals surface area (Å²) in [5, 5.41) is 0. The molecule has 0 aromatic heterocycles. The third kappa shape index (κ3) is 5.85. The van der Waals surface area contributed by atoms with Crippen molar-refractivity contribution in [2.75, 3.05) is 7.11 Å². The number of benzene rings is 3. The summed E-state index contributed by atoms with van der Waals surface area (Å²) in [4.78, 5) is 4.72. The van der Waals surface area contributed by atoms with E-state index in [-0.39, 0.29) is 6.10 Å². The largest absolute Gasteiger partial charge is 0.497 e. The Kier molecular flexibility index (Phi) is 6.90. The van der Waals surface area contributed by atoms with Crippen molar-refractivity contribution in [2.45, 2.75) is 33.3 Å². The fraction of sp³-hybridized carbons (Fsp3) is 0.240. The maximum Gasteiger partial charge on any atom is 0.236 e. The van der Waals surface area contributed by atoms with E-state index in [1.165, 1.54) is 5.56 Å². The molecule has 29 heavy (non-hydrogen) atoms. The second kappa shape index (κ2) is 9.78. The Morgan fingerprint density at radius 1 is 0.897 bits per heavy atom. The summed E-state index contributed by atoms with van der Waals surface area (Å²) in [5.74, 6) is 2.80. The molecular formula is C25H27NO3. The van der Waals surface area contributed by atoms with E-state index in [1.807, 2.05) is 80.6 Å².